The summed E-state index contributed by atoms with van der Waals surface area (Å²) in [5.41, 5.74) is -1.90. The van der Waals surface area contributed by atoms with Gasteiger partial charge in [0.05, 0.1) is 6.10 Å². The Bertz CT molecular complexity index is 987. The second kappa shape index (κ2) is 18.8. The Labute approximate surface area is 287 Å². The Morgan fingerprint density at radius 2 is 1.00 bits per heavy atom. The van der Waals surface area contributed by atoms with Gasteiger partial charge in [0.2, 0.25) is 6.41 Å². The van der Waals surface area contributed by atoms with Gasteiger partial charge >= 0.3 is 18.3 Å². The predicted molar refractivity (Wildman–Crippen MR) is 183 cm³/mol. The molecule has 2 aliphatic rings. The van der Waals surface area contributed by atoms with E-state index in [2.05, 4.69) is 20.0 Å². The number of ether oxygens (including phenoxy) is 3. The van der Waals surface area contributed by atoms with Crippen LogP contribution in [0.25, 0.3) is 0 Å². The highest BCUT2D eigenvalue weighted by Crippen LogP contribution is 2.14. The normalized spacial score (nSPS) is 19.5. The molecule has 0 bridgehead atoms. The number of aliphatic hydroxyl groups excluding tert-OH is 1. The number of β-amino-alcohol motifs (C(OH)–C–C–N with tert-alkyl or cyclic N) is 1. The lowest BCUT2D eigenvalue weighted by Crippen LogP contribution is -2.47. The van der Waals surface area contributed by atoms with Crippen LogP contribution >= 0.6 is 0 Å². The van der Waals surface area contributed by atoms with E-state index in [9.17, 15) is 24.3 Å². The molecule has 278 valence electrons. The van der Waals surface area contributed by atoms with Crippen molar-refractivity contribution in [1.82, 2.24) is 34.7 Å². The first-order valence-electron chi connectivity index (χ1n) is 17.2. The smallest absolute Gasteiger partial charge is 0.410 e. The van der Waals surface area contributed by atoms with Gasteiger partial charge in [0.25, 0.3) is 0 Å². The monoisotopic (exact) mass is 685 g/mol. The molecule has 48 heavy (non-hydrogen) atoms. The highest BCUT2D eigenvalue weighted by atomic mass is 16.6. The fourth-order valence-corrected chi connectivity index (χ4v) is 5.26. The number of nitrogens with one attached hydrogen (secondary N) is 1. The van der Waals surface area contributed by atoms with Gasteiger partial charge in [0.1, 0.15) is 16.8 Å². The molecule has 2 saturated heterocycles. The Morgan fingerprint density at radius 1 is 0.625 bits per heavy atom. The quantitative estimate of drug-likeness (QED) is 0.285. The first-order valence-corrected chi connectivity index (χ1v) is 17.2. The molecule has 0 aliphatic carbocycles. The predicted octanol–water partition coefficient (Wildman–Crippen LogP) is 1.74. The van der Waals surface area contributed by atoms with Crippen LogP contribution in [-0.4, -0.2) is 187 Å². The van der Waals surface area contributed by atoms with E-state index in [0.29, 0.717) is 105 Å². The highest BCUT2D eigenvalue weighted by molar-refractivity contribution is 5.69. The molecular weight excluding hydrogens is 622 g/mol. The topological polar surface area (TPSA) is 148 Å². The zero-order chi connectivity index (χ0) is 36.1. The van der Waals surface area contributed by atoms with E-state index in [1.165, 1.54) is 0 Å². The fourth-order valence-electron chi connectivity index (χ4n) is 5.26. The number of amides is 4. The summed E-state index contributed by atoms with van der Waals surface area (Å²) < 4.78 is 16.6. The molecule has 0 aromatic rings. The molecule has 0 saturated carbocycles. The van der Waals surface area contributed by atoms with Crippen molar-refractivity contribution >= 4 is 24.7 Å². The molecule has 4 amide bonds. The third kappa shape index (κ3) is 17.5. The minimum absolute atomic E-state index is 0.301. The van der Waals surface area contributed by atoms with Crippen LogP contribution < -0.4 is 5.32 Å². The highest BCUT2D eigenvalue weighted by Gasteiger charge is 2.29. The third-order valence-corrected chi connectivity index (χ3v) is 7.64. The summed E-state index contributed by atoms with van der Waals surface area (Å²) in [7, 11) is 0. The van der Waals surface area contributed by atoms with Crippen molar-refractivity contribution in [2.45, 2.75) is 85.2 Å². The molecule has 0 radical (unpaired) electrons. The minimum atomic E-state index is -0.719. The van der Waals surface area contributed by atoms with Crippen LogP contribution in [0.3, 0.4) is 0 Å². The van der Waals surface area contributed by atoms with Crippen molar-refractivity contribution in [3.05, 3.63) is 0 Å². The molecular formula is C33H63N7O8. The summed E-state index contributed by atoms with van der Waals surface area (Å²) in [6.07, 6.45) is -1.22. The summed E-state index contributed by atoms with van der Waals surface area (Å²) in [4.78, 5) is 61.3. The van der Waals surface area contributed by atoms with Gasteiger partial charge in [-0.25, -0.2) is 14.4 Å². The summed E-state index contributed by atoms with van der Waals surface area (Å²) in [6.45, 7) is 24.2. The number of alkyl carbamates (subject to hydrolysis) is 1. The van der Waals surface area contributed by atoms with Crippen molar-refractivity contribution in [3.8, 4) is 0 Å². The maximum absolute atomic E-state index is 13.0. The van der Waals surface area contributed by atoms with E-state index in [-0.39, 0.29) is 0 Å². The number of hydrogen-bond donors (Lipinski definition) is 2. The lowest BCUT2D eigenvalue weighted by Gasteiger charge is -2.31. The zero-order valence-electron chi connectivity index (χ0n) is 31.0. The van der Waals surface area contributed by atoms with E-state index in [0.717, 1.165) is 6.41 Å². The molecule has 2 heterocycles. The van der Waals surface area contributed by atoms with Gasteiger partial charge in [-0.2, -0.15) is 0 Å². The molecule has 0 aromatic carbocycles. The first-order chi connectivity index (χ1) is 22.2. The SMILES string of the molecule is CC(C)(C)OC(=O)NCCN1CCN(C=O)CCN(CC(O)CN2CCN(C(=O)OC(C)(C)C)CCN(C(=O)OC(C)(C)C)CC2)CC1. The molecule has 2 N–H and O–H groups in total. The van der Waals surface area contributed by atoms with Crippen molar-refractivity contribution in [3.63, 3.8) is 0 Å². The summed E-state index contributed by atoms with van der Waals surface area (Å²) in [5, 5.41) is 14.1. The van der Waals surface area contributed by atoms with Crippen LogP contribution in [0.2, 0.25) is 0 Å². The van der Waals surface area contributed by atoms with Gasteiger partial charge in [0.15, 0.2) is 0 Å². The fraction of sp³-hybridized carbons (Fsp3) is 0.879. The second-order valence-electron chi connectivity index (χ2n) is 15.6. The molecule has 2 fully saturated rings. The Balaban J connectivity index is 2.05. The standard InChI is InChI=1S/C33H63N7O8/c1-31(2,3)46-28(43)34-10-11-35-12-14-36(15-17-38(26-41)16-13-35)24-27(42)25-37-18-20-39(29(44)47-32(4,5)6)22-23-40(21-19-37)30(45)48-33(7,8)9/h26-27,42H,10-25H2,1-9H3,(H,34,43). The second-order valence-corrected chi connectivity index (χ2v) is 15.6. The Kier molecular flexibility index (Phi) is 16.1. The van der Waals surface area contributed by atoms with Crippen LogP contribution in [0.15, 0.2) is 0 Å². The van der Waals surface area contributed by atoms with Crippen LogP contribution in [0, 0.1) is 0 Å². The summed E-state index contributed by atoms with van der Waals surface area (Å²) in [6, 6.07) is 0. The zero-order valence-corrected chi connectivity index (χ0v) is 31.0. The van der Waals surface area contributed by atoms with Crippen LogP contribution in [0.5, 0.6) is 0 Å². The van der Waals surface area contributed by atoms with Gasteiger partial charge < -0.3 is 39.3 Å². The number of carbonyl (C=O) groups excluding carboxylic acids is 4. The molecule has 1 unspecified atom stereocenters. The maximum Gasteiger partial charge on any atom is 0.410 e. The van der Waals surface area contributed by atoms with Crippen molar-refractivity contribution in [2.24, 2.45) is 0 Å². The molecule has 2 rings (SSSR count). The number of rotatable bonds is 8. The van der Waals surface area contributed by atoms with Crippen LogP contribution in [0.1, 0.15) is 62.3 Å². The number of hydrogen-bond acceptors (Lipinski definition) is 11. The maximum atomic E-state index is 13.0. The van der Waals surface area contributed by atoms with E-state index >= 15 is 0 Å². The Hall–Kier alpha value is -2.88. The van der Waals surface area contributed by atoms with Crippen molar-refractivity contribution < 1.29 is 38.5 Å². The first kappa shape index (κ1) is 41.3. The summed E-state index contributed by atoms with van der Waals surface area (Å²) in [5.74, 6) is 0. The van der Waals surface area contributed by atoms with Gasteiger partial charge in [-0.3, -0.25) is 19.5 Å². The average molecular weight is 686 g/mol. The number of carbonyl (C=O) groups is 4. The van der Waals surface area contributed by atoms with Crippen LogP contribution in [0.4, 0.5) is 14.4 Å². The van der Waals surface area contributed by atoms with E-state index in [4.69, 9.17) is 14.2 Å². The number of aliphatic hydroxyl groups is 1. The lowest BCUT2D eigenvalue weighted by atomic mass is 10.2. The van der Waals surface area contributed by atoms with Crippen LogP contribution in [-0.2, 0) is 19.0 Å². The molecule has 2 aliphatic heterocycles. The van der Waals surface area contributed by atoms with Gasteiger partial charge in [-0.1, -0.05) is 0 Å². The molecule has 0 aromatic heterocycles. The van der Waals surface area contributed by atoms with E-state index < -0.39 is 41.2 Å². The number of nitrogens with zero attached hydrogens (tertiary/aromatic N) is 6. The average Bonchev–Trinajstić information content (AvgIpc) is 3.09. The molecule has 15 nitrogen and oxygen atoms in total. The van der Waals surface area contributed by atoms with Crippen molar-refractivity contribution in [1.29, 1.82) is 0 Å². The molecule has 0 spiro atoms. The largest absolute Gasteiger partial charge is 0.444 e. The molecule has 1 atom stereocenters. The molecule has 15 heteroatoms. The van der Waals surface area contributed by atoms with Gasteiger partial charge in [-0.05, 0) is 62.3 Å². The Morgan fingerprint density at radius 3 is 1.44 bits per heavy atom. The van der Waals surface area contributed by atoms with E-state index in [1.54, 1.807) is 14.7 Å². The van der Waals surface area contributed by atoms with E-state index in [1.807, 2.05) is 62.3 Å². The van der Waals surface area contributed by atoms with Crippen molar-refractivity contribution in [2.75, 3.05) is 105 Å². The van der Waals surface area contributed by atoms with Gasteiger partial charge in [0, 0.05) is 105 Å². The summed E-state index contributed by atoms with van der Waals surface area (Å²) >= 11 is 0. The lowest BCUT2D eigenvalue weighted by molar-refractivity contribution is -0.118. The third-order valence-electron chi connectivity index (χ3n) is 7.64. The minimum Gasteiger partial charge on any atom is -0.444 e. The van der Waals surface area contributed by atoms with Gasteiger partial charge in [-0.15, -0.1) is 0 Å².